The summed E-state index contributed by atoms with van der Waals surface area (Å²) in [5, 5.41) is 12.3. The quantitative estimate of drug-likeness (QED) is 0.178. The first kappa shape index (κ1) is 37.7. The molecule has 3 aromatic rings. The summed E-state index contributed by atoms with van der Waals surface area (Å²) in [6.07, 6.45) is 10.9. The molecular weight excluding hydrogens is 717 g/mol. The van der Waals surface area contributed by atoms with E-state index in [-0.39, 0.29) is 0 Å². The summed E-state index contributed by atoms with van der Waals surface area (Å²) in [7, 11) is 0. The van der Waals surface area contributed by atoms with Crippen molar-refractivity contribution in [1.29, 1.82) is 0 Å². The van der Waals surface area contributed by atoms with Gasteiger partial charge in [-0.25, -0.2) is 39.9 Å². The second kappa shape index (κ2) is 15.8. The van der Waals surface area contributed by atoms with Crippen LogP contribution >= 0.6 is 0 Å². The Morgan fingerprint density at radius 2 is 0.534 bits per heavy atom. The smallest absolute Gasteiger partial charge is 0.182 e. The van der Waals surface area contributed by atoms with Crippen LogP contribution in [0.25, 0.3) is 21.5 Å². The number of amidine groups is 8. The van der Waals surface area contributed by atoms with Crippen molar-refractivity contribution in [2.75, 3.05) is 10.6 Å². The van der Waals surface area contributed by atoms with Gasteiger partial charge in [-0.2, -0.15) is 0 Å². The highest BCUT2D eigenvalue weighted by Gasteiger charge is 2.36. The van der Waals surface area contributed by atoms with E-state index in [1.54, 1.807) is 0 Å². The molecule has 0 spiro atoms. The molecule has 0 amide bonds. The van der Waals surface area contributed by atoms with E-state index in [1.807, 2.05) is 0 Å². The topological polar surface area (TPSA) is 123 Å². The molecule has 6 aliphatic heterocycles. The predicted octanol–water partition coefficient (Wildman–Crippen LogP) is 12.0. The van der Waals surface area contributed by atoms with Gasteiger partial charge in [0, 0.05) is 44.2 Å². The van der Waals surface area contributed by atoms with Crippen LogP contribution < -0.4 is 10.6 Å². The Bertz CT molecular complexity index is 2670. The molecular formula is C48H52N10. The number of nitrogens with one attached hydrogen (secondary N) is 2. The van der Waals surface area contributed by atoms with Crippen molar-refractivity contribution in [1.82, 2.24) is 0 Å². The van der Waals surface area contributed by atoms with Crippen LogP contribution in [0.15, 0.2) is 133 Å². The molecule has 6 heterocycles. The van der Waals surface area contributed by atoms with Gasteiger partial charge in [0.05, 0.1) is 11.4 Å². The fourth-order valence-corrected chi connectivity index (χ4v) is 9.03. The van der Waals surface area contributed by atoms with Crippen LogP contribution in [0.3, 0.4) is 0 Å². The van der Waals surface area contributed by atoms with Gasteiger partial charge in [-0.1, -0.05) is 129 Å². The first-order chi connectivity index (χ1) is 28.5. The molecule has 294 valence electrons. The maximum Gasteiger partial charge on any atom is 0.182 e. The Morgan fingerprint density at radius 3 is 0.810 bits per heavy atom. The molecule has 0 unspecified atom stereocenters. The molecule has 9 rings (SSSR count). The molecule has 8 bridgehead atoms. The number of hydrogen-bond donors (Lipinski definition) is 2. The maximum absolute atomic E-state index is 5.37. The first-order valence-electron chi connectivity index (χ1n) is 21.6. The van der Waals surface area contributed by atoms with Crippen LogP contribution in [0.1, 0.15) is 119 Å². The van der Waals surface area contributed by atoms with Gasteiger partial charge in [-0.05, 0) is 49.3 Å². The molecule has 10 nitrogen and oxygen atoms in total. The average molecular weight is 769 g/mol. The normalized spacial score (nSPS) is 18.4. The fraction of sp³-hybridized carbons (Fsp3) is 0.375. The van der Waals surface area contributed by atoms with Crippen LogP contribution in [0.5, 0.6) is 0 Å². The number of fused-ring (bicyclic) bond motifs is 12. The van der Waals surface area contributed by atoms with Gasteiger partial charge in [0.25, 0.3) is 0 Å². The van der Waals surface area contributed by atoms with Crippen molar-refractivity contribution >= 4 is 79.6 Å². The monoisotopic (exact) mass is 768 g/mol. The zero-order valence-corrected chi connectivity index (χ0v) is 34.7. The minimum absolute atomic E-state index is 0.536. The number of benzene rings is 3. The minimum Gasteiger partial charge on any atom is -0.348 e. The third-order valence-corrected chi connectivity index (χ3v) is 11.5. The molecule has 58 heavy (non-hydrogen) atoms. The Balaban J connectivity index is 1.32. The zero-order valence-electron chi connectivity index (χ0n) is 34.7. The van der Waals surface area contributed by atoms with Crippen LogP contribution in [-0.2, 0) is 0 Å². The lowest BCUT2D eigenvalue weighted by molar-refractivity contribution is 0.885. The van der Waals surface area contributed by atoms with E-state index in [1.165, 1.54) is 21.9 Å². The highest BCUT2D eigenvalue weighted by Crippen LogP contribution is 2.45. The van der Waals surface area contributed by atoms with Crippen LogP contribution in [0.2, 0.25) is 0 Å². The SMILES string of the molecule is CCCC1=C(CCC)C2=NC3=NC(=NC4=NC(=NC5=NC(=NC1=N2)C(CCC)=C5CCC)C1=C4Nc2c(c4ccccc4c4ccccc24)N1)C(CCC)=C3CCC. The number of rotatable bonds is 12. The Hall–Kier alpha value is -5.90. The van der Waals surface area contributed by atoms with E-state index in [9.17, 15) is 0 Å². The molecule has 2 N–H and O–H groups in total. The second-order valence-electron chi connectivity index (χ2n) is 15.7. The number of aliphatic imine (C=N–C) groups is 8. The second-order valence-corrected chi connectivity index (χ2v) is 15.7. The zero-order chi connectivity index (χ0) is 39.9. The van der Waals surface area contributed by atoms with Gasteiger partial charge < -0.3 is 10.6 Å². The van der Waals surface area contributed by atoms with Gasteiger partial charge in [-0.15, -0.1) is 0 Å². The lowest BCUT2D eigenvalue weighted by Gasteiger charge is -2.25. The van der Waals surface area contributed by atoms with E-state index in [0.29, 0.717) is 35.0 Å². The summed E-state index contributed by atoms with van der Waals surface area (Å²) in [5.41, 5.74) is 10.4. The summed E-state index contributed by atoms with van der Waals surface area (Å²) < 4.78 is 0. The van der Waals surface area contributed by atoms with Crippen LogP contribution in [-0.4, -0.2) is 46.7 Å². The van der Waals surface area contributed by atoms with Crippen LogP contribution in [0.4, 0.5) is 11.4 Å². The molecule has 10 heteroatoms. The van der Waals surface area contributed by atoms with Gasteiger partial charge >= 0.3 is 0 Å². The van der Waals surface area contributed by atoms with Gasteiger partial charge in [0.1, 0.15) is 11.4 Å². The summed E-state index contributed by atoms with van der Waals surface area (Å²) in [6, 6.07) is 17.1. The van der Waals surface area contributed by atoms with Crippen molar-refractivity contribution < 1.29 is 0 Å². The van der Waals surface area contributed by atoms with Crippen molar-refractivity contribution in [3.8, 4) is 0 Å². The Labute approximate surface area is 341 Å². The molecule has 0 saturated carbocycles. The first-order valence-corrected chi connectivity index (χ1v) is 21.6. The van der Waals surface area contributed by atoms with Gasteiger partial charge in [-0.3, -0.25) is 0 Å². The van der Waals surface area contributed by atoms with E-state index in [0.717, 1.165) is 145 Å². The molecule has 0 saturated heterocycles. The molecule has 0 radical (unpaired) electrons. The summed E-state index contributed by atoms with van der Waals surface area (Å²) in [6.45, 7) is 13.3. The molecule has 0 aromatic heterocycles. The molecule has 0 aliphatic carbocycles. The number of nitrogens with zero attached hydrogens (tertiary/aromatic N) is 8. The standard InChI is InChI=1S/C48H52N10/c1-7-17-31-32(18-8-2)42-51-41(31)52-43-33(19-9-3)35(21-11-5)45(54-43)56-47-39-40(48(58-47)57-46-36(22-12-6)34(20-10-4)44(53-42)55-46)50-38-30-26-16-14-24-28(30)27-23-13-15-25-29(27)37(38)49-39/h13-16,23-26,49-50H,7-12,17-22H2,1-6H3. The van der Waals surface area contributed by atoms with E-state index >= 15 is 0 Å². The largest absolute Gasteiger partial charge is 0.348 e. The van der Waals surface area contributed by atoms with Crippen molar-refractivity contribution in [2.24, 2.45) is 39.9 Å². The van der Waals surface area contributed by atoms with Crippen molar-refractivity contribution in [3.05, 3.63) is 93.4 Å². The van der Waals surface area contributed by atoms with Gasteiger partial charge in [0.15, 0.2) is 46.7 Å². The summed E-state index contributed by atoms with van der Waals surface area (Å²) in [5.74, 6) is 5.22. The third kappa shape index (κ3) is 6.33. The molecule has 6 aliphatic rings. The highest BCUT2D eigenvalue weighted by molar-refractivity contribution is 6.36. The van der Waals surface area contributed by atoms with Crippen molar-refractivity contribution in [3.63, 3.8) is 0 Å². The van der Waals surface area contributed by atoms with Crippen LogP contribution in [0, 0.1) is 0 Å². The number of hydrogen-bond acceptors (Lipinski definition) is 10. The maximum atomic E-state index is 5.37. The highest BCUT2D eigenvalue weighted by atomic mass is 15.2. The average Bonchev–Trinajstić information content (AvgIpc) is 3.93. The van der Waals surface area contributed by atoms with E-state index < -0.39 is 0 Å². The van der Waals surface area contributed by atoms with Crippen molar-refractivity contribution in [2.45, 2.75) is 119 Å². The third-order valence-electron chi connectivity index (χ3n) is 11.5. The lowest BCUT2D eigenvalue weighted by Crippen LogP contribution is -2.21. The Morgan fingerprint density at radius 1 is 0.310 bits per heavy atom. The molecule has 0 atom stereocenters. The minimum atomic E-state index is 0.536. The summed E-state index contributed by atoms with van der Waals surface area (Å²) >= 11 is 0. The molecule has 3 aromatic carbocycles. The molecule has 0 fully saturated rings. The van der Waals surface area contributed by atoms with E-state index in [4.69, 9.17) is 39.9 Å². The number of anilines is 2. The summed E-state index contributed by atoms with van der Waals surface area (Å²) in [4.78, 5) is 42.5. The predicted molar refractivity (Wildman–Crippen MR) is 246 cm³/mol. The fourth-order valence-electron chi connectivity index (χ4n) is 9.03. The lowest BCUT2D eigenvalue weighted by atomic mass is 9.96. The van der Waals surface area contributed by atoms with Gasteiger partial charge in [0.2, 0.25) is 0 Å². The van der Waals surface area contributed by atoms with E-state index in [2.05, 4.69) is 101 Å². The Kier molecular flexibility index (Phi) is 10.3.